The molecule has 1 fully saturated rings. The number of benzene rings is 1. The van der Waals surface area contributed by atoms with Crippen molar-refractivity contribution in [2.24, 2.45) is 0 Å². The zero-order valence-corrected chi connectivity index (χ0v) is 15.6. The van der Waals surface area contributed by atoms with Gasteiger partial charge in [0.15, 0.2) is 6.61 Å². The van der Waals surface area contributed by atoms with E-state index in [4.69, 9.17) is 4.74 Å². The fourth-order valence-electron chi connectivity index (χ4n) is 3.32. The number of ether oxygens (including phenoxy) is 1. The van der Waals surface area contributed by atoms with Gasteiger partial charge in [0.2, 0.25) is 0 Å². The molecule has 1 aliphatic rings. The van der Waals surface area contributed by atoms with Crippen LogP contribution in [0.2, 0.25) is 0 Å². The quantitative estimate of drug-likeness (QED) is 0.770. The first-order valence-electron chi connectivity index (χ1n) is 9.35. The van der Waals surface area contributed by atoms with Crippen LogP contribution in [-0.4, -0.2) is 41.9 Å². The fraction of sp³-hybridized carbons (Fsp3) is 0.600. The Bertz CT molecular complexity index is 561. The Hall–Kier alpha value is -2.04. The molecule has 2 unspecified atom stereocenters. The third-order valence-electron chi connectivity index (χ3n) is 4.78. The Kier molecular flexibility index (Phi) is 7.29. The minimum atomic E-state index is -0.0768. The minimum absolute atomic E-state index is 0.0288. The number of amides is 2. The maximum Gasteiger partial charge on any atom is 0.260 e. The number of piperidine rings is 1. The van der Waals surface area contributed by atoms with E-state index in [-0.39, 0.29) is 30.5 Å². The minimum Gasteiger partial charge on any atom is -0.484 e. The van der Waals surface area contributed by atoms with Gasteiger partial charge in [0.05, 0.1) is 0 Å². The van der Waals surface area contributed by atoms with Gasteiger partial charge in [-0.25, -0.2) is 0 Å². The zero-order chi connectivity index (χ0) is 18.2. The van der Waals surface area contributed by atoms with Gasteiger partial charge in [-0.2, -0.15) is 0 Å². The van der Waals surface area contributed by atoms with Gasteiger partial charge >= 0.3 is 0 Å². The van der Waals surface area contributed by atoms with Gasteiger partial charge in [-0.3, -0.25) is 9.59 Å². The number of likely N-dealkylation sites (tertiary alicyclic amines) is 1. The number of rotatable bonds is 7. The maximum atomic E-state index is 12.5. The van der Waals surface area contributed by atoms with E-state index in [1.54, 1.807) is 24.3 Å². The number of nitrogens with zero attached hydrogens (tertiary/aromatic N) is 1. The Morgan fingerprint density at radius 3 is 2.40 bits per heavy atom. The van der Waals surface area contributed by atoms with Crippen molar-refractivity contribution in [1.29, 1.82) is 0 Å². The summed E-state index contributed by atoms with van der Waals surface area (Å²) in [5.74, 6) is 0.559. The summed E-state index contributed by atoms with van der Waals surface area (Å²) >= 11 is 0. The number of carbonyl (C=O) groups is 2. The monoisotopic (exact) mass is 346 g/mol. The van der Waals surface area contributed by atoms with Crippen LogP contribution >= 0.6 is 0 Å². The van der Waals surface area contributed by atoms with E-state index >= 15 is 0 Å². The maximum absolute atomic E-state index is 12.5. The molecule has 1 aromatic rings. The second-order valence-corrected chi connectivity index (χ2v) is 6.85. The molecule has 5 nitrogen and oxygen atoms in total. The van der Waals surface area contributed by atoms with E-state index in [1.807, 2.05) is 4.90 Å². The van der Waals surface area contributed by atoms with Crippen LogP contribution in [0.1, 0.15) is 63.2 Å². The van der Waals surface area contributed by atoms with Gasteiger partial charge in [0, 0.05) is 24.2 Å². The Balaban J connectivity index is 1.84. The summed E-state index contributed by atoms with van der Waals surface area (Å²) in [5, 5.41) is 2.88. The summed E-state index contributed by atoms with van der Waals surface area (Å²) in [4.78, 5) is 26.4. The lowest BCUT2D eigenvalue weighted by atomic mass is 9.97. The molecule has 2 atom stereocenters. The van der Waals surface area contributed by atoms with Crippen LogP contribution < -0.4 is 10.1 Å². The summed E-state index contributed by atoms with van der Waals surface area (Å²) in [6.45, 7) is 7.01. The van der Waals surface area contributed by atoms with Gasteiger partial charge in [0.25, 0.3) is 11.8 Å². The first-order valence-corrected chi connectivity index (χ1v) is 9.35. The van der Waals surface area contributed by atoms with Gasteiger partial charge in [-0.1, -0.05) is 13.3 Å². The highest BCUT2D eigenvalue weighted by atomic mass is 16.5. The highest BCUT2D eigenvalue weighted by Crippen LogP contribution is 2.22. The third-order valence-corrected chi connectivity index (χ3v) is 4.78. The van der Waals surface area contributed by atoms with Crippen LogP contribution in [0.25, 0.3) is 0 Å². The number of carbonyl (C=O) groups excluding carboxylic acids is 2. The summed E-state index contributed by atoms with van der Waals surface area (Å²) in [6, 6.07) is 7.49. The molecule has 1 heterocycles. The molecular formula is C20H30N2O3. The van der Waals surface area contributed by atoms with E-state index in [0.717, 1.165) is 25.7 Å². The summed E-state index contributed by atoms with van der Waals surface area (Å²) in [5.41, 5.74) is 0.605. The summed E-state index contributed by atoms with van der Waals surface area (Å²) < 4.78 is 5.63. The van der Waals surface area contributed by atoms with E-state index in [1.165, 1.54) is 6.42 Å². The molecule has 138 valence electrons. The van der Waals surface area contributed by atoms with Crippen LogP contribution in [0.3, 0.4) is 0 Å². The number of hydrogen-bond acceptors (Lipinski definition) is 3. The lowest BCUT2D eigenvalue weighted by molar-refractivity contribution is -0.139. The molecule has 0 aliphatic carbocycles. The second-order valence-electron chi connectivity index (χ2n) is 6.85. The normalized spacial score (nSPS) is 20.2. The average molecular weight is 346 g/mol. The second kappa shape index (κ2) is 9.44. The van der Waals surface area contributed by atoms with Crippen LogP contribution in [0.5, 0.6) is 5.75 Å². The molecule has 1 N–H and O–H groups in total. The predicted molar refractivity (Wildman–Crippen MR) is 98.8 cm³/mol. The lowest BCUT2D eigenvalue weighted by Crippen LogP contribution is -2.49. The number of hydrogen-bond donors (Lipinski definition) is 1. The summed E-state index contributed by atoms with van der Waals surface area (Å²) in [6.07, 6.45) is 5.31. The Morgan fingerprint density at radius 1 is 1.16 bits per heavy atom. The molecule has 1 aliphatic heterocycles. The molecule has 2 rings (SSSR count). The van der Waals surface area contributed by atoms with E-state index in [9.17, 15) is 9.59 Å². The molecule has 2 amide bonds. The molecule has 0 radical (unpaired) electrons. The van der Waals surface area contributed by atoms with Crippen molar-refractivity contribution in [2.75, 3.05) is 13.2 Å². The third kappa shape index (κ3) is 5.48. The van der Waals surface area contributed by atoms with Crippen LogP contribution in [0.4, 0.5) is 0 Å². The largest absolute Gasteiger partial charge is 0.484 e. The highest BCUT2D eigenvalue weighted by molar-refractivity contribution is 5.94. The molecule has 25 heavy (non-hydrogen) atoms. The smallest absolute Gasteiger partial charge is 0.260 e. The van der Waals surface area contributed by atoms with Gasteiger partial charge < -0.3 is 15.0 Å². The van der Waals surface area contributed by atoms with Crippen molar-refractivity contribution in [3.05, 3.63) is 29.8 Å². The van der Waals surface area contributed by atoms with Crippen molar-refractivity contribution in [3.8, 4) is 5.75 Å². The van der Waals surface area contributed by atoms with Crippen molar-refractivity contribution >= 4 is 11.8 Å². The van der Waals surface area contributed by atoms with Crippen molar-refractivity contribution in [2.45, 2.75) is 65.0 Å². The van der Waals surface area contributed by atoms with Gasteiger partial charge in [-0.15, -0.1) is 0 Å². The van der Waals surface area contributed by atoms with E-state index in [0.29, 0.717) is 17.9 Å². The van der Waals surface area contributed by atoms with Gasteiger partial charge in [0.1, 0.15) is 5.75 Å². The van der Waals surface area contributed by atoms with E-state index in [2.05, 4.69) is 26.1 Å². The molecule has 5 heteroatoms. The first-order chi connectivity index (χ1) is 12.0. The molecule has 1 aromatic carbocycles. The Morgan fingerprint density at radius 2 is 1.80 bits per heavy atom. The topological polar surface area (TPSA) is 58.6 Å². The van der Waals surface area contributed by atoms with Gasteiger partial charge in [-0.05, 0) is 63.8 Å². The molecule has 0 aromatic heterocycles. The lowest BCUT2D eigenvalue weighted by Gasteiger charge is -2.38. The highest BCUT2D eigenvalue weighted by Gasteiger charge is 2.28. The molecule has 1 saturated heterocycles. The van der Waals surface area contributed by atoms with Crippen molar-refractivity contribution < 1.29 is 14.3 Å². The zero-order valence-electron chi connectivity index (χ0n) is 15.6. The van der Waals surface area contributed by atoms with Crippen LogP contribution in [0, 0.1) is 0 Å². The Labute approximate surface area is 150 Å². The van der Waals surface area contributed by atoms with Crippen LogP contribution in [0.15, 0.2) is 24.3 Å². The fourth-order valence-corrected chi connectivity index (χ4v) is 3.32. The summed E-state index contributed by atoms with van der Waals surface area (Å²) in [7, 11) is 0. The average Bonchev–Trinajstić information content (AvgIpc) is 2.60. The number of nitrogens with one attached hydrogen (secondary N) is 1. The standard InChI is InChI=1S/C20H30N2O3/c1-4-5-13-21-20(24)17-9-11-18(12-10-17)25-14-19(23)22-15(2)7-6-8-16(22)3/h9-12,15-16H,4-8,13-14H2,1-3H3,(H,21,24). The van der Waals surface area contributed by atoms with E-state index < -0.39 is 0 Å². The van der Waals surface area contributed by atoms with Crippen molar-refractivity contribution in [3.63, 3.8) is 0 Å². The molecule has 0 spiro atoms. The molecule has 0 saturated carbocycles. The molecule has 0 bridgehead atoms. The predicted octanol–water partition coefficient (Wildman–Crippen LogP) is 3.38. The molecular weight excluding hydrogens is 316 g/mol. The van der Waals surface area contributed by atoms with Crippen LogP contribution in [-0.2, 0) is 4.79 Å². The SMILES string of the molecule is CCCCNC(=O)c1ccc(OCC(=O)N2C(C)CCCC2C)cc1. The van der Waals surface area contributed by atoms with Crippen molar-refractivity contribution in [1.82, 2.24) is 10.2 Å². The number of unbranched alkanes of at least 4 members (excludes halogenated alkanes) is 1. The first kappa shape index (κ1) is 19.3.